The van der Waals surface area contributed by atoms with Gasteiger partial charge in [-0.3, -0.25) is 9.88 Å². The van der Waals surface area contributed by atoms with Crippen molar-refractivity contribution in [1.82, 2.24) is 25.0 Å². The fourth-order valence-electron chi connectivity index (χ4n) is 3.66. The highest BCUT2D eigenvalue weighted by atomic mass is 16.5. The van der Waals surface area contributed by atoms with Gasteiger partial charge >= 0.3 is 0 Å². The lowest BCUT2D eigenvalue weighted by molar-refractivity contribution is 0.235. The van der Waals surface area contributed by atoms with Crippen LogP contribution >= 0.6 is 0 Å². The molecule has 150 valence electrons. The van der Waals surface area contributed by atoms with Gasteiger partial charge in [0.25, 0.3) is 0 Å². The fourth-order valence-corrected chi connectivity index (χ4v) is 3.66. The molecule has 1 aliphatic rings. The number of pyridine rings is 1. The third-order valence-corrected chi connectivity index (χ3v) is 5.27. The van der Waals surface area contributed by atoms with E-state index in [1.54, 1.807) is 19.5 Å². The summed E-state index contributed by atoms with van der Waals surface area (Å²) in [5.41, 5.74) is 5.17. The average molecular weight is 399 g/mol. The zero-order valence-electron chi connectivity index (χ0n) is 16.7. The third kappa shape index (κ3) is 3.79. The van der Waals surface area contributed by atoms with Crippen molar-refractivity contribution in [3.8, 4) is 28.5 Å². The summed E-state index contributed by atoms with van der Waals surface area (Å²) in [5.74, 6) is 2.33. The second-order valence-corrected chi connectivity index (χ2v) is 7.27. The Morgan fingerprint density at radius 1 is 1.07 bits per heavy atom. The van der Waals surface area contributed by atoms with Gasteiger partial charge < -0.3 is 9.26 Å². The molecule has 4 aromatic rings. The Kier molecular flexibility index (Phi) is 4.94. The monoisotopic (exact) mass is 399 g/mol. The van der Waals surface area contributed by atoms with Crippen molar-refractivity contribution in [3.05, 3.63) is 78.0 Å². The van der Waals surface area contributed by atoms with Crippen molar-refractivity contribution < 1.29 is 9.26 Å². The van der Waals surface area contributed by atoms with Crippen molar-refractivity contribution in [2.24, 2.45) is 0 Å². The molecule has 7 heteroatoms. The van der Waals surface area contributed by atoms with Gasteiger partial charge in [0.05, 0.1) is 18.5 Å². The fraction of sp³-hybridized carbons (Fsp3) is 0.217. The summed E-state index contributed by atoms with van der Waals surface area (Å²) in [7, 11) is 1.66. The summed E-state index contributed by atoms with van der Waals surface area (Å²) in [6.45, 7) is 2.45. The molecule has 0 N–H and O–H groups in total. The van der Waals surface area contributed by atoms with Gasteiger partial charge in [0.1, 0.15) is 5.75 Å². The lowest BCUT2D eigenvalue weighted by atomic mass is 10.1. The van der Waals surface area contributed by atoms with Gasteiger partial charge in [0.15, 0.2) is 11.6 Å². The molecule has 0 atom stereocenters. The summed E-state index contributed by atoms with van der Waals surface area (Å²) in [5, 5.41) is 4.25. The topological polar surface area (TPSA) is 77.2 Å². The maximum Gasteiger partial charge on any atom is 0.167 e. The molecule has 0 amide bonds. The van der Waals surface area contributed by atoms with Crippen LogP contribution in [0.5, 0.6) is 5.75 Å². The summed E-state index contributed by atoms with van der Waals surface area (Å²) < 4.78 is 10.8. The highest BCUT2D eigenvalue weighted by Crippen LogP contribution is 2.25. The van der Waals surface area contributed by atoms with Crippen molar-refractivity contribution in [1.29, 1.82) is 0 Å². The molecule has 30 heavy (non-hydrogen) atoms. The highest BCUT2D eigenvalue weighted by molar-refractivity contribution is 5.58. The van der Waals surface area contributed by atoms with Gasteiger partial charge in [0, 0.05) is 67.4 Å². The Morgan fingerprint density at radius 3 is 2.70 bits per heavy atom. The molecule has 0 fully saturated rings. The van der Waals surface area contributed by atoms with Gasteiger partial charge in [-0.15, -0.1) is 0 Å². The summed E-state index contributed by atoms with van der Waals surface area (Å²) in [6, 6.07) is 13.6. The number of hydrogen-bond donors (Lipinski definition) is 0. The minimum Gasteiger partial charge on any atom is -0.497 e. The molecular formula is C23H21N5O2. The van der Waals surface area contributed by atoms with Gasteiger partial charge in [0.2, 0.25) is 0 Å². The summed E-state index contributed by atoms with van der Waals surface area (Å²) in [4.78, 5) is 15.7. The number of fused-ring (bicyclic) bond motifs is 1. The van der Waals surface area contributed by atoms with Crippen LogP contribution in [-0.4, -0.2) is 38.7 Å². The van der Waals surface area contributed by atoms with E-state index in [4.69, 9.17) is 14.2 Å². The SMILES string of the molecule is COc1ccc(-c2cc(CN3CCc4nc(-c5ccncc5)ncc4C3)no2)cc1. The molecule has 0 saturated heterocycles. The number of rotatable bonds is 5. The number of benzene rings is 1. The molecule has 4 heterocycles. The van der Waals surface area contributed by atoms with Crippen molar-refractivity contribution in [2.75, 3.05) is 13.7 Å². The molecule has 0 bridgehead atoms. The Hall–Kier alpha value is -3.58. The molecule has 0 spiro atoms. The van der Waals surface area contributed by atoms with E-state index in [-0.39, 0.29) is 0 Å². The predicted octanol–water partition coefficient (Wildman–Crippen LogP) is 3.76. The minimum absolute atomic E-state index is 0.727. The maximum absolute atomic E-state index is 5.55. The normalized spacial score (nSPS) is 13.8. The van der Waals surface area contributed by atoms with Gasteiger partial charge in [-0.1, -0.05) is 5.16 Å². The molecule has 3 aromatic heterocycles. The van der Waals surface area contributed by atoms with E-state index in [9.17, 15) is 0 Å². The van der Waals surface area contributed by atoms with Crippen LogP contribution in [0.25, 0.3) is 22.7 Å². The third-order valence-electron chi connectivity index (χ3n) is 5.27. The standard InChI is InChI=1S/C23H21N5O2/c1-29-20-4-2-16(3-5-20)22-12-19(27-30-22)15-28-11-8-21-18(14-28)13-25-23(26-21)17-6-9-24-10-7-17/h2-7,9-10,12-13H,8,11,14-15H2,1H3. The number of methoxy groups -OCH3 is 1. The van der Waals surface area contributed by atoms with Crippen molar-refractivity contribution in [2.45, 2.75) is 19.5 Å². The van der Waals surface area contributed by atoms with E-state index in [1.807, 2.05) is 48.7 Å². The van der Waals surface area contributed by atoms with Crippen molar-refractivity contribution in [3.63, 3.8) is 0 Å². The number of aromatic nitrogens is 4. The van der Waals surface area contributed by atoms with E-state index in [2.05, 4.69) is 20.0 Å². The molecule has 0 radical (unpaired) electrons. The van der Waals surface area contributed by atoms with E-state index < -0.39 is 0 Å². The Bertz CT molecular complexity index is 1140. The second kappa shape index (κ2) is 8.04. The summed E-state index contributed by atoms with van der Waals surface area (Å²) in [6.07, 6.45) is 6.35. The van der Waals surface area contributed by atoms with E-state index in [0.717, 1.165) is 71.5 Å². The van der Waals surface area contributed by atoms with Crippen LogP contribution < -0.4 is 4.74 Å². The Morgan fingerprint density at radius 2 is 1.90 bits per heavy atom. The van der Waals surface area contributed by atoms with Gasteiger partial charge in [-0.2, -0.15) is 0 Å². The van der Waals surface area contributed by atoms with Crippen LogP contribution in [-0.2, 0) is 19.5 Å². The Balaban J connectivity index is 1.27. The van der Waals surface area contributed by atoms with Crippen LogP contribution in [0.2, 0.25) is 0 Å². The second-order valence-electron chi connectivity index (χ2n) is 7.27. The predicted molar refractivity (Wildman–Crippen MR) is 112 cm³/mol. The highest BCUT2D eigenvalue weighted by Gasteiger charge is 2.20. The number of ether oxygens (including phenoxy) is 1. The molecule has 1 aliphatic heterocycles. The molecule has 1 aromatic carbocycles. The number of hydrogen-bond acceptors (Lipinski definition) is 7. The molecule has 7 nitrogen and oxygen atoms in total. The summed E-state index contributed by atoms with van der Waals surface area (Å²) >= 11 is 0. The van der Waals surface area contributed by atoms with E-state index in [1.165, 1.54) is 0 Å². The molecule has 0 saturated carbocycles. The Labute approximate surface area is 174 Å². The lowest BCUT2D eigenvalue weighted by Gasteiger charge is -2.27. The molecule has 0 unspecified atom stereocenters. The van der Waals surface area contributed by atoms with Crippen molar-refractivity contribution >= 4 is 0 Å². The van der Waals surface area contributed by atoms with Crippen LogP contribution in [0.15, 0.2) is 65.6 Å². The number of nitrogens with zero attached hydrogens (tertiary/aromatic N) is 5. The van der Waals surface area contributed by atoms with Crippen LogP contribution in [0.3, 0.4) is 0 Å². The lowest BCUT2D eigenvalue weighted by Crippen LogP contribution is -2.31. The first kappa shape index (κ1) is 18.4. The molecule has 0 aliphatic carbocycles. The van der Waals surface area contributed by atoms with Crippen LogP contribution in [0.1, 0.15) is 17.0 Å². The zero-order chi connectivity index (χ0) is 20.3. The first-order valence-corrected chi connectivity index (χ1v) is 9.86. The van der Waals surface area contributed by atoms with Crippen LogP contribution in [0, 0.1) is 0 Å². The first-order chi connectivity index (χ1) is 14.8. The smallest absolute Gasteiger partial charge is 0.167 e. The molecule has 5 rings (SSSR count). The minimum atomic E-state index is 0.727. The largest absolute Gasteiger partial charge is 0.497 e. The molecular weight excluding hydrogens is 378 g/mol. The first-order valence-electron chi connectivity index (χ1n) is 9.86. The zero-order valence-corrected chi connectivity index (χ0v) is 16.7. The van der Waals surface area contributed by atoms with E-state index >= 15 is 0 Å². The van der Waals surface area contributed by atoms with Gasteiger partial charge in [-0.25, -0.2) is 9.97 Å². The quantitative estimate of drug-likeness (QED) is 0.506. The van der Waals surface area contributed by atoms with Crippen LogP contribution in [0.4, 0.5) is 0 Å². The maximum atomic E-state index is 5.55. The average Bonchev–Trinajstić information content (AvgIpc) is 3.28. The van der Waals surface area contributed by atoms with Gasteiger partial charge in [-0.05, 0) is 36.4 Å². The van der Waals surface area contributed by atoms with E-state index in [0.29, 0.717) is 0 Å².